The van der Waals surface area contributed by atoms with Crippen molar-refractivity contribution in [1.29, 1.82) is 0 Å². The highest BCUT2D eigenvalue weighted by Crippen LogP contribution is 2.41. The van der Waals surface area contributed by atoms with Gasteiger partial charge in [-0.05, 0) is 28.1 Å². The van der Waals surface area contributed by atoms with E-state index in [1.54, 1.807) is 12.1 Å². The van der Waals surface area contributed by atoms with E-state index >= 15 is 0 Å². The number of hydrogen-bond acceptors (Lipinski definition) is 3. The van der Waals surface area contributed by atoms with Crippen LogP contribution in [0.15, 0.2) is 16.6 Å². The Labute approximate surface area is 101 Å². The molecule has 0 spiro atoms. The molecule has 7 heteroatoms. The Morgan fingerprint density at radius 3 is 2.62 bits per heavy atom. The molecule has 0 atom stereocenters. The molecular formula is C9H5BrF3NOS. The third kappa shape index (κ3) is 1.89. The van der Waals surface area contributed by atoms with Crippen LogP contribution in [0.2, 0.25) is 0 Å². The van der Waals surface area contributed by atoms with Crippen molar-refractivity contribution in [2.24, 2.45) is 0 Å². The molecule has 1 aromatic heterocycles. The average Bonchev–Trinajstić information content (AvgIpc) is 2.63. The summed E-state index contributed by atoms with van der Waals surface area (Å²) in [5, 5.41) is -0.868. The molecule has 0 fully saturated rings. The van der Waals surface area contributed by atoms with Gasteiger partial charge in [0.15, 0.2) is 5.01 Å². The minimum Gasteiger partial charge on any atom is -0.494 e. The fourth-order valence-electron chi connectivity index (χ4n) is 1.24. The molecule has 1 aromatic carbocycles. The number of rotatable bonds is 1. The lowest BCUT2D eigenvalue weighted by Gasteiger charge is -2.00. The van der Waals surface area contributed by atoms with Crippen molar-refractivity contribution >= 4 is 37.5 Å². The minimum absolute atomic E-state index is 0.231. The molecule has 0 aliphatic rings. The van der Waals surface area contributed by atoms with Gasteiger partial charge >= 0.3 is 6.18 Å². The summed E-state index contributed by atoms with van der Waals surface area (Å²) in [6, 6.07) is 3.21. The molecule has 86 valence electrons. The predicted octanol–water partition coefficient (Wildman–Crippen LogP) is 4.09. The second kappa shape index (κ2) is 3.89. The first-order valence-corrected chi connectivity index (χ1v) is 5.74. The Kier molecular flexibility index (Phi) is 2.83. The number of thiazole rings is 1. The van der Waals surface area contributed by atoms with Crippen molar-refractivity contribution in [3.05, 3.63) is 21.6 Å². The summed E-state index contributed by atoms with van der Waals surface area (Å²) < 4.78 is 43.4. The lowest BCUT2D eigenvalue weighted by molar-refractivity contribution is -0.137. The third-order valence-corrected chi connectivity index (χ3v) is 3.98. The van der Waals surface area contributed by atoms with Crippen LogP contribution in [0, 0.1) is 0 Å². The van der Waals surface area contributed by atoms with Crippen molar-refractivity contribution in [3.63, 3.8) is 0 Å². The van der Waals surface area contributed by atoms with Crippen LogP contribution >= 0.6 is 27.3 Å². The Hall–Kier alpha value is -0.820. The van der Waals surface area contributed by atoms with Crippen molar-refractivity contribution in [3.8, 4) is 5.75 Å². The van der Waals surface area contributed by atoms with Crippen molar-refractivity contribution in [2.45, 2.75) is 6.18 Å². The highest BCUT2D eigenvalue weighted by atomic mass is 79.9. The second-order valence-corrected chi connectivity index (χ2v) is 4.80. The lowest BCUT2D eigenvalue weighted by Crippen LogP contribution is -2.03. The molecule has 1 heterocycles. The molecule has 2 aromatic rings. The lowest BCUT2D eigenvalue weighted by atomic mass is 10.3. The van der Waals surface area contributed by atoms with Gasteiger partial charge in [0.2, 0.25) is 0 Å². The number of hydrogen-bond donors (Lipinski definition) is 0. The molecule has 2 nitrogen and oxygen atoms in total. The maximum atomic E-state index is 12.5. The van der Waals surface area contributed by atoms with Crippen LogP contribution in [0.5, 0.6) is 5.75 Å². The largest absolute Gasteiger partial charge is 0.494 e. The molecule has 0 amide bonds. The van der Waals surface area contributed by atoms with Gasteiger partial charge in [-0.25, -0.2) is 4.98 Å². The fourth-order valence-corrected chi connectivity index (χ4v) is 2.66. The van der Waals surface area contributed by atoms with Crippen LogP contribution in [0.25, 0.3) is 10.2 Å². The Morgan fingerprint density at radius 1 is 1.38 bits per heavy atom. The summed E-state index contributed by atoms with van der Waals surface area (Å²) in [5.41, 5.74) is 0.231. The van der Waals surface area contributed by atoms with E-state index in [0.717, 1.165) is 0 Å². The average molecular weight is 312 g/mol. The van der Waals surface area contributed by atoms with Gasteiger partial charge in [0.1, 0.15) is 11.3 Å². The number of aromatic nitrogens is 1. The van der Waals surface area contributed by atoms with Crippen LogP contribution in [-0.2, 0) is 6.18 Å². The maximum absolute atomic E-state index is 12.5. The third-order valence-electron chi connectivity index (χ3n) is 1.92. The number of benzene rings is 1. The molecule has 0 N–H and O–H groups in total. The number of nitrogens with zero attached hydrogens (tertiary/aromatic N) is 1. The van der Waals surface area contributed by atoms with Gasteiger partial charge in [-0.1, -0.05) is 0 Å². The van der Waals surface area contributed by atoms with Gasteiger partial charge < -0.3 is 4.74 Å². The number of ether oxygens (including phenoxy) is 1. The van der Waals surface area contributed by atoms with E-state index in [9.17, 15) is 13.2 Å². The van der Waals surface area contributed by atoms with Gasteiger partial charge in [-0.2, -0.15) is 13.2 Å². The van der Waals surface area contributed by atoms with Crippen LogP contribution < -0.4 is 4.74 Å². The van der Waals surface area contributed by atoms with E-state index in [1.807, 2.05) is 0 Å². The molecule has 0 aliphatic heterocycles. The van der Waals surface area contributed by atoms with Crippen LogP contribution in [0.4, 0.5) is 13.2 Å². The van der Waals surface area contributed by atoms with Gasteiger partial charge in [0, 0.05) is 4.47 Å². The van der Waals surface area contributed by atoms with E-state index in [4.69, 9.17) is 4.74 Å². The molecule has 0 saturated heterocycles. The topological polar surface area (TPSA) is 22.1 Å². The number of alkyl halides is 3. The smallest absolute Gasteiger partial charge is 0.443 e. The first-order valence-electron chi connectivity index (χ1n) is 4.13. The van der Waals surface area contributed by atoms with Gasteiger partial charge in [0.25, 0.3) is 0 Å². The Bertz CT molecular complexity index is 537. The number of halogens is 4. The molecule has 0 bridgehead atoms. The first kappa shape index (κ1) is 11.7. The summed E-state index contributed by atoms with van der Waals surface area (Å²) in [6.07, 6.45) is -4.42. The van der Waals surface area contributed by atoms with Crippen molar-refractivity contribution in [1.82, 2.24) is 4.98 Å². The quantitative estimate of drug-likeness (QED) is 0.791. The Balaban J connectivity index is 2.73. The normalized spacial score (nSPS) is 12.1. The van der Waals surface area contributed by atoms with Gasteiger partial charge in [0.05, 0.1) is 11.8 Å². The van der Waals surface area contributed by atoms with Crippen molar-refractivity contribution < 1.29 is 17.9 Å². The van der Waals surface area contributed by atoms with E-state index in [1.165, 1.54) is 7.11 Å². The first-order chi connectivity index (χ1) is 7.43. The van der Waals surface area contributed by atoms with Gasteiger partial charge in [-0.3, -0.25) is 0 Å². The summed E-state index contributed by atoms with van der Waals surface area (Å²) in [5.74, 6) is 0.338. The predicted molar refractivity (Wildman–Crippen MR) is 58.9 cm³/mol. The minimum atomic E-state index is -4.42. The summed E-state index contributed by atoms with van der Waals surface area (Å²) >= 11 is 3.79. The fraction of sp³-hybridized carbons (Fsp3) is 0.222. The number of fused-ring (bicyclic) bond motifs is 1. The summed E-state index contributed by atoms with van der Waals surface area (Å²) in [4.78, 5) is 3.55. The van der Waals surface area contributed by atoms with Crippen LogP contribution in [0.1, 0.15) is 5.01 Å². The van der Waals surface area contributed by atoms with Crippen LogP contribution in [0.3, 0.4) is 0 Å². The SMILES string of the molecule is COc1ccc(Br)c2sc(C(F)(F)F)nc12. The number of methoxy groups -OCH3 is 1. The van der Waals surface area contributed by atoms with E-state index in [-0.39, 0.29) is 5.52 Å². The maximum Gasteiger partial charge on any atom is 0.443 e. The highest BCUT2D eigenvalue weighted by Gasteiger charge is 2.35. The second-order valence-electron chi connectivity index (χ2n) is 2.94. The molecule has 0 saturated carbocycles. The van der Waals surface area contributed by atoms with E-state index < -0.39 is 11.2 Å². The zero-order valence-electron chi connectivity index (χ0n) is 7.93. The zero-order valence-corrected chi connectivity index (χ0v) is 10.3. The molecule has 0 radical (unpaired) electrons. The van der Waals surface area contributed by atoms with E-state index in [0.29, 0.717) is 26.3 Å². The standard InChI is InChI=1S/C9H5BrF3NOS/c1-15-5-3-2-4(10)7-6(5)14-8(16-7)9(11,12)13/h2-3H,1H3. The Morgan fingerprint density at radius 2 is 2.06 bits per heavy atom. The molecule has 0 aliphatic carbocycles. The highest BCUT2D eigenvalue weighted by molar-refractivity contribution is 9.10. The van der Waals surface area contributed by atoms with Crippen LogP contribution in [-0.4, -0.2) is 12.1 Å². The van der Waals surface area contributed by atoms with Gasteiger partial charge in [-0.15, -0.1) is 11.3 Å². The van der Waals surface area contributed by atoms with Crippen molar-refractivity contribution in [2.75, 3.05) is 7.11 Å². The monoisotopic (exact) mass is 311 g/mol. The molecular weight excluding hydrogens is 307 g/mol. The van der Waals surface area contributed by atoms with E-state index in [2.05, 4.69) is 20.9 Å². The molecule has 0 unspecified atom stereocenters. The summed E-state index contributed by atoms with van der Waals surface area (Å²) in [7, 11) is 1.40. The molecule has 16 heavy (non-hydrogen) atoms. The molecule has 2 rings (SSSR count). The zero-order chi connectivity index (χ0) is 11.9. The summed E-state index contributed by atoms with van der Waals surface area (Å²) in [6.45, 7) is 0.